The van der Waals surface area contributed by atoms with E-state index in [4.69, 9.17) is 24.2 Å². The molecule has 5 atom stereocenters. The van der Waals surface area contributed by atoms with Gasteiger partial charge in [0, 0.05) is 33.7 Å². The quantitative estimate of drug-likeness (QED) is 0.153. The molecule has 6 rings (SSSR count). The van der Waals surface area contributed by atoms with E-state index in [0.29, 0.717) is 45.9 Å². The topological polar surface area (TPSA) is 195 Å². The standard InChI is InChI=1S/C45H62N6O9S2/c1-15-26-21-45(26,39(54)50-62(56,57)44(13)18-19-44)49-36(52)35-43(11,12)32(22-51(35)38(53)34(41(5,6)7)48-40(55)60-42(8,9)10)59-31-20-28(37-47-29(23-61-37)24(2)3)46-33-25(4)30(58-14)17-16-27(31)33/h15-17,20,23-24,26,32,34-35H,1,18-19,21-22H2,2-14H3,(H,48,55)(H,49,52)(H,50,54)/t26-,32+,34-,35-,45-/m1/s1. The Balaban J connectivity index is 1.43. The van der Waals surface area contributed by atoms with Crippen molar-refractivity contribution in [3.05, 3.63) is 47.5 Å². The van der Waals surface area contributed by atoms with E-state index >= 15 is 9.59 Å². The number of methoxy groups -OCH3 is 1. The van der Waals surface area contributed by atoms with Crippen LogP contribution in [-0.2, 0) is 29.1 Å². The van der Waals surface area contributed by atoms with Crippen LogP contribution in [0.5, 0.6) is 11.5 Å². The van der Waals surface area contributed by atoms with Gasteiger partial charge in [0.25, 0.3) is 5.91 Å². The number of thiazole rings is 1. The molecule has 0 bridgehead atoms. The second kappa shape index (κ2) is 16.1. The zero-order valence-electron chi connectivity index (χ0n) is 38.1. The first-order chi connectivity index (χ1) is 28.6. The normalized spacial score (nSPS) is 23.3. The van der Waals surface area contributed by atoms with Crippen molar-refractivity contribution in [2.45, 2.75) is 142 Å². The maximum Gasteiger partial charge on any atom is 0.408 e. The van der Waals surface area contributed by atoms with Gasteiger partial charge in [0.05, 0.1) is 29.6 Å². The molecule has 3 heterocycles. The number of carbonyl (C=O) groups is 4. The van der Waals surface area contributed by atoms with Crippen molar-refractivity contribution < 1.29 is 41.8 Å². The molecule has 0 radical (unpaired) electrons. The van der Waals surface area contributed by atoms with Crippen LogP contribution in [-0.4, -0.2) is 94.8 Å². The Labute approximate surface area is 369 Å². The van der Waals surface area contributed by atoms with Crippen molar-refractivity contribution in [3.63, 3.8) is 0 Å². The molecule has 15 nitrogen and oxygen atoms in total. The van der Waals surface area contributed by atoms with Gasteiger partial charge in [-0.3, -0.25) is 19.1 Å². The predicted molar refractivity (Wildman–Crippen MR) is 238 cm³/mol. The number of aryl methyl sites for hydroxylation is 1. The van der Waals surface area contributed by atoms with Gasteiger partial charge in [-0.05, 0) is 77.3 Å². The zero-order valence-corrected chi connectivity index (χ0v) is 39.8. The number of amides is 4. The number of rotatable bonds is 13. The average Bonchev–Trinajstić information content (AvgIpc) is 3.99. The molecule has 3 aliphatic rings. The molecular formula is C45H62N6O9S2. The molecule has 17 heteroatoms. The van der Waals surface area contributed by atoms with Gasteiger partial charge in [-0.2, -0.15) is 0 Å². The Kier molecular flexibility index (Phi) is 12.1. The number of ether oxygens (including phenoxy) is 3. The third-order valence-electron chi connectivity index (χ3n) is 12.4. The van der Waals surface area contributed by atoms with Crippen molar-refractivity contribution in [1.82, 2.24) is 30.2 Å². The number of nitrogens with one attached hydrogen (secondary N) is 3. The van der Waals surface area contributed by atoms with Crippen molar-refractivity contribution in [3.8, 4) is 22.2 Å². The van der Waals surface area contributed by atoms with Crippen LogP contribution in [0.25, 0.3) is 21.6 Å². The zero-order chi connectivity index (χ0) is 46.1. The largest absolute Gasteiger partial charge is 0.496 e. The molecule has 0 spiro atoms. The molecule has 3 N–H and O–H groups in total. The lowest BCUT2D eigenvalue weighted by Gasteiger charge is -2.38. The van der Waals surface area contributed by atoms with Crippen LogP contribution in [0.1, 0.15) is 113 Å². The number of alkyl carbamates (subject to hydrolysis) is 1. The lowest BCUT2D eigenvalue weighted by Crippen LogP contribution is -2.62. The Morgan fingerprint density at radius 3 is 2.23 bits per heavy atom. The van der Waals surface area contributed by atoms with Gasteiger partial charge in [0.2, 0.25) is 21.8 Å². The van der Waals surface area contributed by atoms with E-state index in [1.807, 2.05) is 30.5 Å². The molecule has 4 amide bonds. The molecule has 1 aromatic carbocycles. The lowest BCUT2D eigenvalue weighted by molar-refractivity contribution is -0.145. The smallest absolute Gasteiger partial charge is 0.408 e. The third-order valence-corrected chi connectivity index (χ3v) is 15.4. The lowest BCUT2D eigenvalue weighted by atomic mass is 9.81. The van der Waals surface area contributed by atoms with Gasteiger partial charge in [0.1, 0.15) is 51.5 Å². The summed E-state index contributed by atoms with van der Waals surface area (Å²) in [6.07, 6.45) is 0.778. The number of pyridine rings is 1. The highest BCUT2D eigenvalue weighted by Crippen LogP contribution is 2.49. The van der Waals surface area contributed by atoms with Crippen LogP contribution in [0.2, 0.25) is 0 Å². The summed E-state index contributed by atoms with van der Waals surface area (Å²) >= 11 is 1.46. The van der Waals surface area contributed by atoms with Gasteiger partial charge in [-0.15, -0.1) is 17.9 Å². The van der Waals surface area contributed by atoms with Gasteiger partial charge in [-0.25, -0.2) is 23.2 Å². The Bertz CT molecular complexity index is 2410. The number of carbonyl (C=O) groups excluding carboxylic acids is 4. The first-order valence-electron chi connectivity index (χ1n) is 21.0. The van der Waals surface area contributed by atoms with Gasteiger partial charge >= 0.3 is 6.09 Å². The van der Waals surface area contributed by atoms with E-state index in [-0.39, 0.29) is 18.9 Å². The number of likely N-dealkylation sites (tertiary alicyclic amines) is 1. The minimum atomic E-state index is -4.05. The van der Waals surface area contributed by atoms with Crippen LogP contribution in [0.4, 0.5) is 4.79 Å². The summed E-state index contributed by atoms with van der Waals surface area (Å²) in [4.78, 5) is 68.6. The molecule has 1 saturated heterocycles. The van der Waals surface area contributed by atoms with E-state index in [1.54, 1.807) is 69.4 Å². The van der Waals surface area contributed by atoms with Crippen LogP contribution >= 0.6 is 11.3 Å². The summed E-state index contributed by atoms with van der Waals surface area (Å²) in [6.45, 7) is 25.5. The summed E-state index contributed by atoms with van der Waals surface area (Å²) in [5.41, 5.74) is -1.63. The summed E-state index contributed by atoms with van der Waals surface area (Å²) in [6, 6.07) is 3.04. The number of sulfonamides is 1. The summed E-state index contributed by atoms with van der Waals surface area (Å²) in [7, 11) is -2.46. The van der Waals surface area contributed by atoms with Crippen molar-refractivity contribution in [2.75, 3.05) is 13.7 Å². The molecule has 3 aromatic rings. The summed E-state index contributed by atoms with van der Waals surface area (Å²) < 4.78 is 45.9. The van der Waals surface area contributed by atoms with E-state index in [0.717, 1.165) is 11.3 Å². The highest BCUT2D eigenvalue weighted by molar-refractivity contribution is 7.91. The number of hydrogen-bond acceptors (Lipinski definition) is 12. The molecule has 62 heavy (non-hydrogen) atoms. The number of fused-ring (bicyclic) bond motifs is 1. The van der Waals surface area contributed by atoms with E-state index in [1.165, 1.54) is 22.3 Å². The predicted octanol–water partition coefficient (Wildman–Crippen LogP) is 6.78. The maximum atomic E-state index is 15.1. The molecule has 0 unspecified atom stereocenters. The van der Waals surface area contributed by atoms with Crippen LogP contribution < -0.4 is 24.8 Å². The van der Waals surface area contributed by atoms with Crippen molar-refractivity contribution >= 4 is 56.1 Å². The molecule has 2 saturated carbocycles. The first-order valence-corrected chi connectivity index (χ1v) is 23.4. The van der Waals surface area contributed by atoms with Crippen molar-refractivity contribution in [2.24, 2.45) is 16.7 Å². The second-order valence-electron chi connectivity index (χ2n) is 20.2. The fourth-order valence-electron chi connectivity index (χ4n) is 7.96. The van der Waals surface area contributed by atoms with Crippen molar-refractivity contribution in [1.29, 1.82) is 0 Å². The number of nitrogens with zero attached hydrogens (tertiary/aromatic N) is 3. The summed E-state index contributed by atoms with van der Waals surface area (Å²) in [5, 5.41) is 9.01. The fraction of sp³-hybridized carbons (Fsp3) is 0.600. The molecule has 1 aliphatic heterocycles. The highest BCUT2D eigenvalue weighted by Gasteiger charge is 2.65. The Hall–Kier alpha value is -4.77. The average molecular weight is 895 g/mol. The minimum absolute atomic E-state index is 0.105. The number of hydrogen-bond donors (Lipinski definition) is 3. The molecule has 3 fully saturated rings. The monoisotopic (exact) mass is 894 g/mol. The first kappa shape index (κ1) is 46.7. The van der Waals surface area contributed by atoms with Crippen LogP contribution in [0.15, 0.2) is 36.2 Å². The Morgan fingerprint density at radius 2 is 1.69 bits per heavy atom. The second-order valence-corrected chi connectivity index (χ2v) is 23.2. The molecule has 338 valence electrons. The highest BCUT2D eigenvalue weighted by atomic mass is 32.2. The van der Waals surface area contributed by atoms with Gasteiger partial charge in [-0.1, -0.05) is 54.5 Å². The maximum absolute atomic E-state index is 15.1. The van der Waals surface area contributed by atoms with Gasteiger partial charge in [0.15, 0.2) is 0 Å². The van der Waals surface area contributed by atoms with Crippen LogP contribution in [0, 0.1) is 23.7 Å². The van der Waals surface area contributed by atoms with Crippen LogP contribution in [0.3, 0.4) is 0 Å². The number of aromatic nitrogens is 2. The Morgan fingerprint density at radius 1 is 1.03 bits per heavy atom. The van der Waals surface area contributed by atoms with Gasteiger partial charge < -0.3 is 29.7 Å². The minimum Gasteiger partial charge on any atom is -0.496 e. The van der Waals surface area contributed by atoms with E-state index in [2.05, 4.69) is 35.8 Å². The molecular weight excluding hydrogens is 833 g/mol. The van der Waals surface area contributed by atoms with E-state index in [9.17, 15) is 18.0 Å². The number of benzene rings is 1. The SMILES string of the molecule is C=C[C@@H]1C[C@]1(NC(=O)[C@H]1N(C(=O)[C@@H](NC(=O)OC(C)(C)C)C(C)(C)C)C[C@H](Oc2cc(-c3nc(C(C)C)cs3)nc3c(C)c(OC)ccc23)C1(C)C)C(=O)NS(=O)(=O)C1(C)CC1. The molecule has 2 aliphatic carbocycles. The molecule has 2 aromatic heterocycles. The third kappa shape index (κ3) is 8.88. The van der Waals surface area contributed by atoms with E-state index < -0.39 is 84.7 Å². The fourth-order valence-corrected chi connectivity index (χ4v) is 10.2. The summed E-state index contributed by atoms with van der Waals surface area (Å²) in [5.74, 6) is -1.45.